The van der Waals surface area contributed by atoms with Crippen molar-refractivity contribution in [2.24, 2.45) is 11.7 Å². The van der Waals surface area contributed by atoms with Crippen LogP contribution in [0.3, 0.4) is 0 Å². The second-order valence-electron chi connectivity index (χ2n) is 3.56. The third kappa shape index (κ3) is 5.37. The van der Waals surface area contributed by atoms with Crippen LogP contribution >= 0.6 is 0 Å². The van der Waals surface area contributed by atoms with Gasteiger partial charge in [0.05, 0.1) is 19.1 Å². The van der Waals surface area contributed by atoms with Crippen molar-refractivity contribution in [2.45, 2.75) is 32.7 Å². The Morgan fingerprint density at radius 3 is 2.53 bits per heavy atom. The molecule has 0 heterocycles. The highest BCUT2D eigenvalue weighted by molar-refractivity contribution is 5.82. The van der Waals surface area contributed by atoms with Gasteiger partial charge in [0.15, 0.2) is 0 Å². The van der Waals surface area contributed by atoms with E-state index in [9.17, 15) is 9.59 Å². The topological polar surface area (TPSA) is 81.4 Å². The molecular formula is C10H20N2O3. The van der Waals surface area contributed by atoms with Gasteiger partial charge in [-0.15, -0.1) is 0 Å². The normalized spacial score (nSPS) is 14.1. The maximum absolute atomic E-state index is 11.4. The van der Waals surface area contributed by atoms with Crippen LogP contribution in [0, 0.1) is 5.92 Å². The van der Waals surface area contributed by atoms with Crippen molar-refractivity contribution >= 4 is 11.9 Å². The lowest BCUT2D eigenvalue weighted by atomic mass is 10.1. The number of methoxy groups -OCH3 is 1. The van der Waals surface area contributed by atoms with E-state index in [1.807, 2.05) is 6.92 Å². The number of carbonyl (C=O) groups is 2. The van der Waals surface area contributed by atoms with Gasteiger partial charge in [0.1, 0.15) is 0 Å². The number of carbonyl (C=O) groups excluding carboxylic acids is 2. The smallest absolute Gasteiger partial charge is 0.310 e. The molecule has 0 fully saturated rings. The van der Waals surface area contributed by atoms with E-state index in [0.29, 0.717) is 6.42 Å². The molecular weight excluding hydrogens is 196 g/mol. The van der Waals surface area contributed by atoms with Crippen molar-refractivity contribution in [1.29, 1.82) is 0 Å². The van der Waals surface area contributed by atoms with Crippen LogP contribution in [0.1, 0.15) is 26.7 Å². The lowest BCUT2D eigenvalue weighted by molar-refractivity contribution is -0.144. The zero-order chi connectivity index (χ0) is 11.8. The Hall–Kier alpha value is -1.10. The number of rotatable bonds is 6. The third-order valence-corrected chi connectivity index (χ3v) is 2.12. The van der Waals surface area contributed by atoms with Gasteiger partial charge in [0, 0.05) is 6.54 Å². The molecule has 0 aromatic heterocycles. The zero-order valence-electron chi connectivity index (χ0n) is 9.58. The van der Waals surface area contributed by atoms with E-state index in [1.54, 1.807) is 6.92 Å². The van der Waals surface area contributed by atoms with Crippen LogP contribution in [0.25, 0.3) is 0 Å². The standard InChI is InChI=1S/C10H20N2O3/c1-4-5-8(11)9(13)12-6-7(2)10(14)15-3/h7-8H,4-6,11H2,1-3H3,(H,12,13). The molecule has 0 aromatic rings. The number of hydrogen-bond acceptors (Lipinski definition) is 4. The first-order chi connectivity index (χ1) is 7.02. The predicted molar refractivity (Wildman–Crippen MR) is 57.1 cm³/mol. The van der Waals surface area contributed by atoms with E-state index in [1.165, 1.54) is 7.11 Å². The summed E-state index contributed by atoms with van der Waals surface area (Å²) in [6.07, 6.45) is 1.51. The van der Waals surface area contributed by atoms with Crippen molar-refractivity contribution < 1.29 is 14.3 Å². The fraction of sp³-hybridized carbons (Fsp3) is 0.800. The minimum Gasteiger partial charge on any atom is -0.469 e. The van der Waals surface area contributed by atoms with E-state index in [-0.39, 0.29) is 24.3 Å². The molecule has 0 aromatic carbocycles. The molecule has 0 rings (SSSR count). The molecule has 2 unspecified atom stereocenters. The number of amides is 1. The Labute approximate surface area is 90.4 Å². The Morgan fingerprint density at radius 2 is 2.07 bits per heavy atom. The fourth-order valence-electron chi connectivity index (χ4n) is 1.11. The maximum atomic E-state index is 11.4. The van der Waals surface area contributed by atoms with E-state index in [2.05, 4.69) is 10.1 Å². The number of nitrogens with one attached hydrogen (secondary N) is 1. The van der Waals surface area contributed by atoms with E-state index < -0.39 is 6.04 Å². The summed E-state index contributed by atoms with van der Waals surface area (Å²) in [6, 6.07) is -0.486. The van der Waals surface area contributed by atoms with Crippen LogP contribution in [0.2, 0.25) is 0 Å². The summed E-state index contributed by atoms with van der Waals surface area (Å²) in [6.45, 7) is 3.92. The van der Waals surface area contributed by atoms with Gasteiger partial charge < -0.3 is 15.8 Å². The molecule has 0 radical (unpaired) electrons. The Bertz CT molecular complexity index is 219. The van der Waals surface area contributed by atoms with Crippen LogP contribution in [0.5, 0.6) is 0 Å². The Balaban J connectivity index is 3.84. The molecule has 0 bridgehead atoms. The largest absolute Gasteiger partial charge is 0.469 e. The number of nitrogens with two attached hydrogens (primary N) is 1. The van der Waals surface area contributed by atoms with Gasteiger partial charge in [-0.1, -0.05) is 20.3 Å². The average molecular weight is 216 g/mol. The molecule has 15 heavy (non-hydrogen) atoms. The van der Waals surface area contributed by atoms with E-state index in [4.69, 9.17) is 5.73 Å². The van der Waals surface area contributed by atoms with Crippen LogP contribution in [0.4, 0.5) is 0 Å². The minimum absolute atomic E-state index is 0.215. The van der Waals surface area contributed by atoms with Crippen molar-refractivity contribution in [3.63, 3.8) is 0 Å². The Kier molecular flexibility index (Phi) is 6.70. The molecule has 0 aliphatic heterocycles. The van der Waals surface area contributed by atoms with E-state index >= 15 is 0 Å². The predicted octanol–water partition coefficient (Wildman–Crippen LogP) is 0.0391. The van der Waals surface area contributed by atoms with Crippen molar-refractivity contribution in [3.8, 4) is 0 Å². The summed E-state index contributed by atoms with van der Waals surface area (Å²) < 4.78 is 4.53. The molecule has 0 aliphatic carbocycles. The second-order valence-corrected chi connectivity index (χ2v) is 3.56. The summed E-state index contributed by atoms with van der Waals surface area (Å²) in [5.74, 6) is -0.889. The molecule has 1 amide bonds. The van der Waals surface area contributed by atoms with Gasteiger partial charge in [-0.25, -0.2) is 0 Å². The van der Waals surface area contributed by atoms with Gasteiger partial charge in [-0.05, 0) is 6.42 Å². The summed E-state index contributed by atoms with van der Waals surface area (Å²) in [7, 11) is 1.32. The molecule has 2 atom stereocenters. The van der Waals surface area contributed by atoms with Crippen LogP contribution in [-0.2, 0) is 14.3 Å². The monoisotopic (exact) mass is 216 g/mol. The van der Waals surface area contributed by atoms with Gasteiger partial charge in [0.2, 0.25) is 5.91 Å². The first kappa shape index (κ1) is 13.9. The van der Waals surface area contributed by atoms with Crippen molar-refractivity contribution in [2.75, 3.05) is 13.7 Å². The first-order valence-corrected chi connectivity index (χ1v) is 5.14. The summed E-state index contributed by atoms with van der Waals surface area (Å²) in [5.41, 5.74) is 5.59. The SMILES string of the molecule is CCCC(N)C(=O)NCC(C)C(=O)OC. The van der Waals surface area contributed by atoms with Gasteiger partial charge in [-0.2, -0.15) is 0 Å². The van der Waals surface area contributed by atoms with Crippen molar-refractivity contribution in [3.05, 3.63) is 0 Å². The number of ether oxygens (including phenoxy) is 1. The first-order valence-electron chi connectivity index (χ1n) is 5.14. The maximum Gasteiger partial charge on any atom is 0.310 e. The lowest BCUT2D eigenvalue weighted by Crippen LogP contribution is -2.43. The molecule has 0 aliphatic rings. The quantitative estimate of drug-likeness (QED) is 0.614. The van der Waals surface area contributed by atoms with E-state index in [0.717, 1.165) is 6.42 Å². The summed E-state index contributed by atoms with van der Waals surface area (Å²) in [4.78, 5) is 22.4. The molecule has 3 N–H and O–H groups in total. The highest BCUT2D eigenvalue weighted by Crippen LogP contribution is 1.97. The summed E-state index contributed by atoms with van der Waals surface area (Å²) in [5, 5.41) is 2.62. The van der Waals surface area contributed by atoms with Gasteiger partial charge in [0.25, 0.3) is 0 Å². The van der Waals surface area contributed by atoms with Gasteiger partial charge >= 0.3 is 5.97 Å². The molecule has 88 valence electrons. The Morgan fingerprint density at radius 1 is 1.47 bits per heavy atom. The lowest BCUT2D eigenvalue weighted by Gasteiger charge is -2.13. The molecule has 0 saturated heterocycles. The highest BCUT2D eigenvalue weighted by Gasteiger charge is 2.16. The number of hydrogen-bond donors (Lipinski definition) is 2. The highest BCUT2D eigenvalue weighted by atomic mass is 16.5. The molecule has 5 heteroatoms. The van der Waals surface area contributed by atoms with Gasteiger partial charge in [-0.3, -0.25) is 9.59 Å². The third-order valence-electron chi connectivity index (χ3n) is 2.12. The summed E-state index contributed by atoms with van der Waals surface area (Å²) >= 11 is 0. The zero-order valence-corrected chi connectivity index (χ0v) is 9.58. The van der Waals surface area contributed by atoms with Crippen LogP contribution in [-0.4, -0.2) is 31.6 Å². The van der Waals surface area contributed by atoms with Crippen molar-refractivity contribution in [1.82, 2.24) is 5.32 Å². The van der Waals surface area contributed by atoms with Crippen LogP contribution < -0.4 is 11.1 Å². The van der Waals surface area contributed by atoms with Crippen LogP contribution in [0.15, 0.2) is 0 Å². The average Bonchev–Trinajstić information content (AvgIpc) is 2.24. The number of esters is 1. The second kappa shape index (κ2) is 7.23. The molecule has 5 nitrogen and oxygen atoms in total. The minimum atomic E-state index is -0.486. The molecule has 0 saturated carbocycles. The molecule has 0 spiro atoms. The fourth-order valence-corrected chi connectivity index (χ4v) is 1.11.